The number of aromatic nitrogens is 2. The molecular weight excluding hydrogens is 440 g/mol. The number of aldehydes is 1. The number of pyridine rings is 1. The van der Waals surface area contributed by atoms with E-state index in [-0.39, 0.29) is 4.90 Å². The fraction of sp³-hybridized carbons (Fsp3) is 0.0476. The summed E-state index contributed by atoms with van der Waals surface area (Å²) in [6.45, 7) is 1.90. The van der Waals surface area contributed by atoms with Crippen molar-refractivity contribution in [1.82, 2.24) is 8.96 Å². The Kier molecular flexibility index (Phi) is 4.64. The summed E-state index contributed by atoms with van der Waals surface area (Å²) in [6.07, 6.45) is 3.92. The Balaban J connectivity index is 1.97. The van der Waals surface area contributed by atoms with E-state index in [9.17, 15) is 13.2 Å². The summed E-state index contributed by atoms with van der Waals surface area (Å²) in [7, 11) is -3.81. The highest BCUT2D eigenvalue weighted by Crippen LogP contribution is 2.33. The maximum atomic E-state index is 13.3. The lowest BCUT2D eigenvalue weighted by atomic mass is 10.0. The number of benzene rings is 2. The van der Waals surface area contributed by atoms with Crippen LogP contribution >= 0.6 is 15.9 Å². The van der Waals surface area contributed by atoms with Crippen molar-refractivity contribution in [2.24, 2.45) is 0 Å². The van der Waals surface area contributed by atoms with E-state index in [4.69, 9.17) is 0 Å². The second kappa shape index (κ2) is 7.00. The van der Waals surface area contributed by atoms with Crippen LogP contribution in [0.5, 0.6) is 0 Å². The van der Waals surface area contributed by atoms with Crippen molar-refractivity contribution in [3.8, 4) is 11.1 Å². The van der Waals surface area contributed by atoms with Gasteiger partial charge in [-0.25, -0.2) is 17.4 Å². The van der Waals surface area contributed by atoms with Gasteiger partial charge in [0.2, 0.25) is 0 Å². The Hall–Kier alpha value is -2.77. The summed E-state index contributed by atoms with van der Waals surface area (Å²) in [5, 5.41) is 0.698. The number of carbonyl (C=O) groups is 1. The highest BCUT2D eigenvalue weighted by atomic mass is 79.9. The molecule has 140 valence electrons. The standard InChI is InChI=1S/C21H15BrN2O3S/c1-14-2-8-18(9-3-14)28(26,27)24-12-20(16-6-4-15(13-25)5-7-16)19-10-17(22)11-23-21(19)24/h2-13H,1H3. The molecule has 0 fully saturated rings. The molecular formula is C21H15BrN2O3S. The lowest BCUT2D eigenvalue weighted by Crippen LogP contribution is -2.12. The molecule has 2 aromatic carbocycles. The van der Waals surface area contributed by atoms with Gasteiger partial charge in [-0.15, -0.1) is 0 Å². The first-order valence-electron chi connectivity index (χ1n) is 8.44. The highest BCUT2D eigenvalue weighted by molar-refractivity contribution is 9.10. The topological polar surface area (TPSA) is 69.0 Å². The fourth-order valence-electron chi connectivity index (χ4n) is 3.03. The van der Waals surface area contributed by atoms with Gasteiger partial charge in [0.1, 0.15) is 6.29 Å². The molecule has 0 aliphatic heterocycles. The lowest BCUT2D eigenvalue weighted by Gasteiger charge is -2.07. The predicted molar refractivity (Wildman–Crippen MR) is 112 cm³/mol. The summed E-state index contributed by atoms with van der Waals surface area (Å²) in [6, 6.07) is 15.5. The molecule has 4 aromatic rings. The van der Waals surface area contributed by atoms with Crippen LogP contribution in [0.2, 0.25) is 0 Å². The van der Waals surface area contributed by atoms with Crippen molar-refractivity contribution in [3.05, 3.63) is 82.6 Å². The van der Waals surface area contributed by atoms with Crippen LogP contribution in [0.3, 0.4) is 0 Å². The number of halogens is 1. The zero-order valence-corrected chi connectivity index (χ0v) is 17.2. The van der Waals surface area contributed by atoms with E-state index in [0.717, 1.165) is 27.4 Å². The third-order valence-electron chi connectivity index (χ3n) is 4.51. The van der Waals surface area contributed by atoms with Gasteiger partial charge >= 0.3 is 0 Å². The SMILES string of the molecule is Cc1ccc(S(=O)(=O)n2cc(-c3ccc(C=O)cc3)c3cc(Br)cnc32)cc1. The van der Waals surface area contributed by atoms with Crippen LogP contribution in [0.15, 0.2) is 76.4 Å². The van der Waals surface area contributed by atoms with Crippen LogP contribution in [0.4, 0.5) is 0 Å². The summed E-state index contributed by atoms with van der Waals surface area (Å²) >= 11 is 3.41. The molecule has 0 radical (unpaired) electrons. The van der Waals surface area contributed by atoms with Crippen LogP contribution in [-0.4, -0.2) is 23.7 Å². The monoisotopic (exact) mass is 454 g/mol. The maximum absolute atomic E-state index is 13.3. The second-order valence-corrected chi connectivity index (χ2v) is 9.15. The van der Waals surface area contributed by atoms with Gasteiger partial charge in [-0.3, -0.25) is 4.79 Å². The lowest BCUT2D eigenvalue weighted by molar-refractivity contribution is 0.112. The van der Waals surface area contributed by atoms with Crippen molar-refractivity contribution in [2.45, 2.75) is 11.8 Å². The molecule has 5 nitrogen and oxygen atoms in total. The zero-order chi connectivity index (χ0) is 19.9. The maximum Gasteiger partial charge on any atom is 0.269 e. The van der Waals surface area contributed by atoms with Crippen molar-refractivity contribution in [2.75, 3.05) is 0 Å². The average Bonchev–Trinajstić information content (AvgIpc) is 3.08. The minimum Gasteiger partial charge on any atom is -0.298 e. The molecule has 0 saturated carbocycles. The molecule has 4 rings (SSSR count). The number of fused-ring (bicyclic) bond motifs is 1. The Labute approximate surface area is 170 Å². The van der Waals surface area contributed by atoms with Crippen LogP contribution in [0.25, 0.3) is 22.2 Å². The number of carbonyl (C=O) groups excluding carboxylic acids is 1. The van der Waals surface area contributed by atoms with Crippen LogP contribution in [0, 0.1) is 6.92 Å². The Morgan fingerprint density at radius 2 is 1.71 bits per heavy atom. The fourth-order valence-corrected chi connectivity index (χ4v) is 4.69. The summed E-state index contributed by atoms with van der Waals surface area (Å²) < 4.78 is 28.5. The minimum atomic E-state index is -3.81. The summed E-state index contributed by atoms with van der Waals surface area (Å²) in [4.78, 5) is 15.5. The number of aryl methyl sites for hydroxylation is 1. The van der Waals surface area contributed by atoms with Crippen molar-refractivity contribution in [3.63, 3.8) is 0 Å². The van der Waals surface area contributed by atoms with Crippen molar-refractivity contribution in [1.29, 1.82) is 0 Å². The number of nitrogens with zero attached hydrogens (tertiary/aromatic N) is 2. The Morgan fingerprint density at radius 1 is 1.04 bits per heavy atom. The summed E-state index contributed by atoms with van der Waals surface area (Å²) in [5.74, 6) is 0. The first-order chi connectivity index (χ1) is 13.4. The molecule has 0 atom stereocenters. The molecule has 0 aliphatic rings. The number of rotatable bonds is 4. The highest BCUT2D eigenvalue weighted by Gasteiger charge is 2.23. The van der Waals surface area contributed by atoms with Crippen LogP contribution in [-0.2, 0) is 10.0 Å². The van der Waals surface area contributed by atoms with E-state index in [2.05, 4.69) is 20.9 Å². The first-order valence-corrected chi connectivity index (χ1v) is 10.7. The van der Waals surface area contributed by atoms with E-state index in [0.29, 0.717) is 16.6 Å². The second-order valence-electron chi connectivity index (χ2n) is 6.42. The van der Waals surface area contributed by atoms with E-state index in [1.807, 2.05) is 13.0 Å². The molecule has 0 unspecified atom stereocenters. The largest absolute Gasteiger partial charge is 0.298 e. The van der Waals surface area contributed by atoms with E-state index in [1.165, 1.54) is 3.97 Å². The molecule has 0 amide bonds. The number of hydrogen-bond donors (Lipinski definition) is 0. The molecule has 7 heteroatoms. The van der Waals surface area contributed by atoms with E-state index in [1.54, 1.807) is 60.9 Å². The Bertz CT molecular complexity index is 1290. The van der Waals surface area contributed by atoms with Gasteiger partial charge < -0.3 is 0 Å². The van der Waals surface area contributed by atoms with Crippen molar-refractivity contribution < 1.29 is 13.2 Å². The normalized spacial score (nSPS) is 11.6. The van der Waals surface area contributed by atoms with Gasteiger partial charge in [-0.1, -0.05) is 42.0 Å². The van der Waals surface area contributed by atoms with Crippen LogP contribution < -0.4 is 0 Å². The van der Waals surface area contributed by atoms with E-state index < -0.39 is 10.0 Å². The van der Waals surface area contributed by atoms with Gasteiger partial charge in [0.25, 0.3) is 10.0 Å². The van der Waals surface area contributed by atoms with Gasteiger partial charge in [0.05, 0.1) is 4.90 Å². The zero-order valence-electron chi connectivity index (χ0n) is 14.8. The molecule has 2 aromatic heterocycles. The molecule has 0 saturated heterocycles. The van der Waals surface area contributed by atoms with Gasteiger partial charge in [0.15, 0.2) is 5.65 Å². The van der Waals surface area contributed by atoms with E-state index >= 15 is 0 Å². The Morgan fingerprint density at radius 3 is 2.36 bits per heavy atom. The van der Waals surface area contributed by atoms with Gasteiger partial charge in [-0.2, -0.15) is 0 Å². The first kappa shape index (κ1) is 18.6. The predicted octanol–water partition coefficient (Wildman–Crippen LogP) is 4.82. The molecule has 0 aliphatic carbocycles. The average molecular weight is 455 g/mol. The smallest absolute Gasteiger partial charge is 0.269 e. The molecule has 0 bridgehead atoms. The molecule has 28 heavy (non-hydrogen) atoms. The van der Waals surface area contributed by atoms with Crippen LogP contribution in [0.1, 0.15) is 15.9 Å². The molecule has 0 N–H and O–H groups in total. The van der Waals surface area contributed by atoms with Gasteiger partial charge in [-0.05, 0) is 46.6 Å². The van der Waals surface area contributed by atoms with Crippen molar-refractivity contribution >= 4 is 43.3 Å². The number of hydrogen-bond acceptors (Lipinski definition) is 4. The third kappa shape index (κ3) is 3.16. The molecule has 2 heterocycles. The molecule has 0 spiro atoms. The summed E-state index contributed by atoms with van der Waals surface area (Å²) in [5.41, 5.74) is 3.40. The quantitative estimate of drug-likeness (QED) is 0.414. The van der Waals surface area contributed by atoms with Gasteiger partial charge in [0, 0.05) is 33.4 Å². The minimum absolute atomic E-state index is 0.197. The third-order valence-corrected chi connectivity index (χ3v) is 6.61.